The van der Waals surface area contributed by atoms with E-state index >= 15 is 0 Å². The summed E-state index contributed by atoms with van der Waals surface area (Å²) in [5.41, 5.74) is 0. The fraction of sp³-hybridized carbons (Fsp3) is 0.583. The van der Waals surface area contributed by atoms with E-state index in [4.69, 9.17) is 16.3 Å². The number of ether oxygens (including phenoxy) is 1. The van der Waals surface area contributed by atoms with E-state index in [0.29, 0.717) is 19.6 Å². The Labute approximate surface area is 129 Å². The molecule has 1 amide bonds. The van der Waals surface area contributed by atoms with Crippen molar-refractivity contribution in [3.63, 3.8) is 0 Å². The smallest absolute Gasteiger partial charge is 0.220 e. The summed E-state index contributed by atoms with van der Waals surface area (Å²) in [6, 6.07) is 3.83. The number of nitrogens with one attached hydrogen (secondary N) is 2. The first-order valence-corrected chi connectivity index (χ1v) is 7.12. The minimum atomic E-state index is 0. The van der Waals surface area contributed by atoms with Crippen LogP contribution in [-0.4, -0.2) is 39.3 Å². The second-order valence-electron chi connectivity index (χ2n) is 3.80. The Morgan fingerprint density at radius 1 is 1.37 bits per heavy atom. The third-order valence-corrected chi connectivity index (χ3v) is 3.63. The van der Waals surface area contributed by atoms with Crippen LogP contribution in [0.25, 0.3) is 0 Å². The molecule has 0 atom stereocenters. The topological polar surface area (TPSA) is 50.4 Å². The standard InChI is InChI=1S/C12H19ClN2O2S.ClH/c1-17-9-8-14-6-7-15-12(16)5-3-10-2-4-11(13)18-10;/h2,4,14H,3,5-9H2,1H3,(H,15,16);1H. The number of carbonyl (C=O) groups is 1. The summed E-state index contributed by atoms with van der Waals surface area (Å²) in [4.78, 5) is 12.7. The average molecular weight is 327 g/mol. The molecule has 0 aliphatic heterocycles. The summed E-state index contributed by atoms with van der Waals surface area (Å²) >= 11 is 7.35. The predicted octanol–water partition coefficient (Wildman–Crippen LogP) is 2.11. The molecule has 1 heterocycles. The molecule has 7 heteroatoms. The van der Waals surface area contributed by atoms with Crippen LogP contribution < -0.4 is 10.6 Å². The van der Waals surface area contributed by atoms with Crippen LogP contribution >= 0.6 is 35.3 Å². The van der Waals surface area contributed by atoms with Gasteiger partial charge in [0, 0.05) is 38.0 Å². The molecule has 0 bridgehead atoms. The van der Waals surface area contributed by atoms with Crippen LogP contribution in [0.5, 0.6) is 0 Å². The van der Waals surface area contributed by atoms with Gasteiger partial charge in [-0.15, -0.1) is 23.7 Å². The molecular formula is C12H20Cl2N2O2S. The van der Waals surface area contributed by atoms with Gasteiger partial charge >= 0.3 is 0 Å². The van der Waals surface area contributed by atoms with Crippen molar-refractivity contribution in [2.75, 3.05) is 33.4 Å². The molecule has 2 N–H and O–H groups in total. The highest BCUT2D eigenvalue weighted by molar-refractivity contribution is 7.16. The number of hydrogen-bond acceptors (Lipinski definition) is 4. The lowest BCUT2D eigenvalue weighted by Gasteiger charge is -2.06. The lowest BCUT2D eigenvalue weighted by atomic mass is 10.2. The fourth-order valence-electron chi connectivity index (χ4n) is 1.40. The largest absolute Gasteiger partial charge is 0.383 e. The molecule has 0 radical (unpaired) electrons. The Bertz CT molecular complexity index is 361. The number of hydrogen-bond donors (Lipinski definition) is 2. The molecule has 0 aliphatic rings. The van der Waals surface area contributed by atoms with Gasteiger partial charge in [-0.3, -0.25) is 4.79 Å². The third-order valence-electron chi connectivity index (χ3n) is 2.33. The van der Waals surface area contributed by atoms with Crippen LogP contribution in [0.4, 0.5) is 0 Å². The van der Waals surface area contributed by atoms with Crippen LogP contribution in [0.3, 0.4) is 0 Å². The van der Waals surface area contributed by atoms with Crippen LogP contribution in [0, 0.1) is 0 Å². The van der Waals surface area contributed by atoms with Gasteiger partial charge < -0.3 is 15.4 Å². The molecule has 0 fully saturated rings. The average Bonchev–Trinajstić information content (AvgIpc) is 2.77. The van der Waals surface area contributed by atoms with Crippen molar-refractivity contribution in [3.8, 4) is 0 Å². The van der Waals surface area contributed by atoms with Gasteiger partial charge in [0.05, 0.1) is 10.9 Å². The van der Waals surface area contributed by atoms with Crippen molar-refractivity contribution in [2.24, 2.45) is 0 Å². The third kappa shape index (κ3) is 9.24. The molecule has 0 aliphatic carbocycles. The number of aryl methyl sites for hydroxylation is 1. The molecule has 0 saturated carbocycles. The minimum Gasteiger partial charge on any atom is -0.383 e. The van der Waals surface area contributed by atoms with Crippen LogP contribution in [0.15, 0.2) is 12.1 Å². The Balaban J connectivity index is 0.00000324. The zero-order chi connectivity index (χ0) is 13.2. The zero-order valence-corrected chi connectivity index (χ0v) is 13.3. The number of rotatable bonds is 9. The van der Waals surface area contributed by atoms with Gasteiger partial charge in [0.2, 0.25) is 5.91 Å². The van der Waals surface area contributed by atoms with E-state index in [1.54, 1.807) is 7.11 Å². The Kier molecular flexibility index (Phi) is 11.3. The number of thiophene rings is 1. The predicted molar refractivity (Wildman–Crippen MR) is 82.7 cm³/mol. The normalized spacial score (nSPS) is 10.0. The van der Waals surface area contributed by atoms with Crippen LogP contribution in [0.1, 0.15) is 11.3 Å². The summed E-state index contributed by atoms with van der Waals surface area (Å²) in [5, 5.41) is 6.03. The number of amides is 1. The first kappa shape index (κ1) is 18.7. The maximum Gasteiger partial charge on any atom is 0.220 e. The second kappa shape index (κ2) is 11.5. The molecule has 1 rings (SSSR count). The summed E-state index contributed by atoms with van der Waals surface area (Å²) < 4.78 is 5.67. The summed E-state index contributed by atoms with van der Waals surface area (Å²) in [7, 11) is 1.67. The van der Waals surface area contributed by atoms with E-state index in [1.807, 2.05) is 12.1 Å². The van der Waals surface area contributed by atoms with E-state index in [2.05, 4.69) is 10.6 Å². The molecule has 4 nitrogen and oxygen atoms in total. The molecule has 0 spiro atoms. The van der Waals surface area contributed by atoms with E-state index < -0.39 is 0 Å². The highest BCUT2D eigenvalue weighted by atomic mass is 35.5. The van der Waals surface area contributed by atoms with Crippen LogP contribution in [-0.2, 0) is 16.0 Å². The van der Waals surface area contributed by atoms with Gasteiger partial charge in [0.15, 0.2) is 0 Å². The minimum absolute atomic E-state index is 0. The van der Waals surface area contributed by atoms with Crippen molar-refractivity contribution in [1.29, 1.82) is 0 Å². The summed E-state index contributed by atoms with van der Waals surface area (Å²) in [5.74, 6) is 0.0769. The molecule has 0 aromatic carbocycles. The molecule has 0 saturated heterocycles. The molecule has 19 heavy (non-hydrogen) atoms. The van der Waals surface area contributed by atoms with E-state index in [0.717, 1.165) is 28.7 Å². The van der Waals surface area contributed by atoms with Gasteiger partial charge in [-0.05, 0) is 18.6 Å². The quantitative estimate of drug-likeness (QED) is 0.683. The summed E-state index contributed by atoms with van der Waals surface area (Å²) in [6.45, 7) is 2.90. The molecule has 110 valence electrons. The Morgan fingerprint density at radius 3 is 2.79 bits per heavy atom. The van der Waals surface area contributed by atoms with Crippen molar-refractivity contribution in [1.82, 2.24) is 10.6 Å². The van der Waals surface area contributed by atoms with Gasteiger partial charge in [-0.25, -0.2) is 0 Å². The van der Waals surface area contributed by atoms with Gasteiger partial charge in [0.25, 0.3) is 0 Å². The highest BCUT2D eigenvalue weighted by Crippen LogP contribution is 2.22. The molecule has 0 unspecified atom stereocenters. The molecule has 1 aromatic heterocycles. The lowest BCUT2D eigenvalue weighted by molar-refractivity contribution is -0.121. The van der Waals surface area contributed by atoms with E-state index in [9.17, 15) is 4.79 Å². The monoisotopic (exact) mass is 326 g/mol. The van der Waals surface area contributed by atoms with Crippen LogP contribution in [0.2, 0.25) is 4.34 Å². The fourth-order valence-corrected chi connectivity index (χ4v) is 2.49. The first-order chi connectivity index (χ1) is 8.72. The van der Waals surface area contributed by atoms with Crippen molar-refractivity contribution in [3.05, 3.63) is 21.3 Å². The first-order valence-electron chi connectivity index (χ1n) is 5.93. The van der Waals surface area contributed by atoms with Gasteiger partial charge in [-0.1, -0.05) is 11.6 Å². The molecular weight excluding hydrogens is 307 g/mol. The van der Waals surface area contributed by atoms with E-state index in [1.165, 1.54) is 11.3 Å². The van der Waals surface area contributed by atoms with Gasteiger partial charge in [0.1, 0.15) is 0 Å². The second-order valence-corrected chi connectivity index (χ2v) is 5.60. The number of carbonyl (C=O) groups excluding carboxylic acids is 1. The Morgan fingerprint density at radius 2 is 2.16 bits per heavy atom. The maximum atomic E-state index is 11.5. The zero-order valence-electron chi connectivity index (χ0n) is 10.9. The highest BCUT2D eigenvalue weighted by Gasteiger charge is 2.03. The number of halogens is 2. The van der Waals surface area contributed by atoms with E-state index in [-0.39, 0.29) is 18.3 Å². The summed E-state index contributed by atoms with van der Waals surface area (Å²) in [6.07, 6.45) is 1.26. The maximum absolute atomic E-state index is 11.5. The lowest BCUT2D eigenvalue weighted by Crippen LogP contribution is -2.33. The van der Waals surface area contributed by atoms with Crippen molar-refractivity contribution in [2.45, 2.75) is 12.8 Å². The molecule has 1 aromatic rings. The van der Waals surface area contributed by atoms with Crippen molar-refractivity contribution >= 4 is 41.3 Å². The SMILES string of the molecule is COCCNCCNC(=O)CCc1ccc(Cl)s1.Cl. The van der Waals surface area contributed by atoms with Gasteiger partial charge in [-0.2, -0.15) is 0 Å². The Hall–Kier alpha value is -0.330. The van der Waals surface area contributed by atoms with Crippen molar-refractivity contribution < 1.29 is 9.53 Å². The number of methoxy groups -OCH3 is 1.